The summed E-state index contributed by atoms with van der Waals surface area (Å²) in [6.45, 7) is 0.520. The summed E-state index contributed by atoms with van der Waals surface area (Å²) in [5.74, 6) is 1.19. The van der Waals surface area contributed by atoms with Gasteiger partial charge in [-0.2, -0.15) is 5.10 Å². The minimum atomic E-state index is -0.232. The third-order valence-electron chi connectivity index (χ3n) is 4.98. The van der Waals surface area contributed by atoms with Crippen molar-refractivity contribution in [2.24, 2.45) is 0 Å². The molecule has 0 fully saturated rings. The normalized spacial score (nSPS) is 10.5. The number of nitrogens with one attached hydrogen (secondary N) is 1. The van der Waals surface area contributed by atoms with Gasteiger partial charge in [-0.15, -0.1) is 0 Å². The first-order valence-electron chi connectivity index (χ1n) is 9.88. The molecule has 0 atom stereocenters. The number of anilines is 1. The molecule has 1 aromatic heterocycles. The number of aromatic nitrogens is 2. The van der Waals surface area contributed by atoms with E-state index >= 15 is 0 Å². The number of ether oxygens (including phenoxy) is 2. The van der Waals surface area contributed by atoms with E-state index < -0.39 is 0 Å². The lowest BCUT2D eigenvalue weighted by Crippen LogP contribution is -2.18. The highest BCUT2D eigenvalue weighted by Crippen LogP contribution is 2.37. The van der Waals surface area contributed by atoms with Crippen molar-refractivity contribution in [1.82, 2.24) is 9.78 Å². The van der Waals surface area contributed by atoms with Gasteiger partial charge in [-0.3, -0.25) is 9.48 Å². The molecule has 31 heavy (non-hydrogen) atoms. The Morgan fingerprint density at radius 2 is 1.58 bits per heavy atom. The second-order valence-corrected chi connectivity index (χ2v) is 6.93. The van der Waals surface area contributed by atoms with Crippen LogP contribution in [-0.2, 0) is 6.54 Å². The third-order valence-corrected chi connectivity index (χ3v) is 4.98. The van der Waals surface area contributed by atoms with E-state index in [1.165, 1.54) is 0 Å². The fourth-order valence-corrected chi connectivity index (χ4v) is 3.47. The third kappa shape index (κ3) is 4.43. The Morgan fingerprint density at radius 3 is 2.35 bits per heavy atom. The van der Waals surface area contributed by atoms with Crippen LogP contribution in [0.2, 0.25) is 0 Å². The van der Waals surface area contributed by atoms with Gasteiger partial charge in [0.2, 0.25) is 0 Å². The molecule has 1 heterocycles. The molecule has 6 heteroatoms. The molecule has 0 saturated carbocycles. The van der Waals surface area contributed by atoms with Gasteiger partial charge in [-0.25, -0.2) is 0 Å². The van der Waals surface area contributed by atoms with E-state index in [0.29, 0.717) is 23.7 Å². The Labute approximate surface area is 181 Å². The molecule has 4 aromatic rings. The first-order valence-corrected chi connectivity index (χ1v) is 9.88. The van der Waals surface area contributed by atoms with Gasteiger partial charge < -0.3 is 14.8 Å². The molecule has 6 nitrogen and oxygen atoms in total. The van der Waals surface area contributed by atoms with Gasteiger partial charge in [0.05, 0.1) is 20.8 Å². The zero-order valence-electron chi connectivity index (χ0n) is 17.4. The zero-order chi connectivity index (χ0) is 21.6. The highest BCUT2D eigenvalue weighted by Gasteiger charge is 2.16. The van der Waals surface area contributed by atoms with Gasteiger partial charge in [0.15, 0.2) is 0 Å². The van der Waals surface area contributed by atoms with E-state index in [4.69, 9.17) is 9.47 Å². The quantitative estimate of drug-likeness (QED) is 0.470. The largest absolute Gasteiger partial charge is 0.496 e. The molecule has 0 aliphatic carbocycles. The number of rotatable bonds is 7. The van der Waals surface area contributed by atoms with Crippen molar-refractivity contribution in [3.05, 3.63) is 96.3 Å². The summed E-state index contributed by atoms with van der Waals surface area (Å²) in [6, 6.07) is 24.8. The standard InChI is InChI=1S/C25H23N3O3/c1-30-23-11-7-6-10-20(23)21-16-19(12-13-24(21)31-2)27-25(29)22-14-15-26-28(22)17-18-8-4-3-5-9-18/h3-16H,17H2,1-2H3,(H,27,29). The van der Waals surface area contributed by atoms with Crippen LogP contribution in [0.5, 0.6) is 11.5 Å². The van der Waals surface area contributed by atoms with E-state index in [2.05, 4.69) is 10.4 Å². The number of carbonyl (C=O) groups excluding carboxylic acids is 1. The molecule has 1 N–H and O–H groups in total. The molecule has 0 spiro atoms. The summed E-state index contributed by atoms with van der Waals surface area (Å²) in [5, 5.41) is 7.28. The summed E-state index contributed by atoms with van der Waals surface area (Å²) in [5.41, 5.74) is 3.92. The van der Waals surface area contributed by atoms with Crippen LogP contribution in [-0.4, -0.2) is 29.9 Å². The van der Waals surface area contributed by atoms with Gasteiger partial charge in [0.25, 0.3) is 5.91 Å². The average molecular weight is 413 g/mol. The predicted octanol–water partition coefficient (Wildman–Crippen LogP) is 4.87. The van der Waals surface area contributed by atoms with Crippen LogP contribution in [0.25, 0.3) is 11.1 Å². The zero-order valence-corrected chi connectivity index (χ0v) is 17.4. The highest BCUT2D eigenvalue weighted by molar-refractivity contribution is 6.03. The maximum Gasteiger partial charge on any atom is 0.273 e. The maximum atomic E-state index is 13.0. The van der Waals surface area contributed by atoms with E-state index in [1.807, 2.05) is 72.8 Å². The average Bonchev–Trinajstić information content (AvgIpc) is 3.28. The van der Waals surface area contributed by atoms with Crippen molar-refractivity contribution in [1.29, 1.82) is 0 Å². The lowest BCUT2D eigenvalue weighted by molar-refractivity contribution is 0.101. The topological polar surface area (TPSA) is 65.4 Å². The van der Waals surface area contributed by atoms with Crippen LogP contribution in [0.4, 0.5) is 5.69 Å². The monoisotopic (exact) mass is 413 g/mol. The number of nitrogens with zero attached hydrogens (tertiary/aromatic N) is 2. The summed E-state index contributed by atoms with van der Waals surface area (Å²) in [6.07, 6.45) is 1.63. The molecular weight excluding hydrogens is 390 g/mol. The van der Waals surface area contributed by atoms with Crippen molar-refractivity contribution >= 4 is 11.6 Å². The van der Waals surface area contributed by atoms with Crippen LogP contribution in [0.3, 0.4) is 0 Å². The van der Waals surface area contributed by atoms with E-state index in [9.17, 15) is 4.79 Å². The van der Waals surface area contributed by atoms with Crippen LogP contribution in [0.15, 0.2) is 85.1 Å². The van der Waals surface area contributed by atoms with Crippen LogP contribution in [0, 0.1) is 0 Å². The van der Waals surface area contributed by atoms with Crippen LogP contribution < -0.4 is 14.8 Å². The lowest BCUT2D eigenvalue weighted by atomic mass is 10.0. The fraction of sp³-hybridized carbons (Fsp3) is 0.120. The Kier molecular flexibility index (Phi) is 5.98. The van der Waals surface area contributed by atoms with E-state index in [1.54, 1.807) is 31.2 Å². The summed E-state index contributed by atoms with van der Waals surface area (Å²) >= 11 is 0. The molecule has 0 aliphatic heterocycles. The Balaban J connectivity index is 1.61. The fourth-order valence-electron chi connectivity index (χ4n) is 3.47. The minimum Gasteiger partial charge on any atom is -0.496 e. The predicted molar refractivity (Wildman–Crippen MR) is 121 cm³/mol. The van der Waals surface area contributed by atoms with Crippen molar-refractivity contribution in [3.8, 4) is 22.6 Å². The summed E-state index contributed by atoms with van der Waals surface area (Å²) < 4.78 is 12.7. The molecule has 0 aliphatic rings. The maximum absolute atomic E-state index is 13.0. The number of amides is 1. The van der Waals surface area contributed by atoms with Crippen LogP contribution in [0.1, 0.15) is 16.1 Å². The van der Waals surface area contributed by atoms with Gasteiger partial charge in [-0.1, -0.05) is 48.5 Å². The molecule has 1 amide bonds. The molecule has 4 rings (SSSR count). The van der Waals surface area contributed by atoms with E-state index in [-0.39, 0.29) is 5.91 Å². The number of hydrogen-bond donors (Lipinski definition) is 1. The molecule has 0 unspecified atom stereocenters. The number of methoxy groups -OCH3 is 2. The molecule has 0 bridgehead atoms. The van der Waals surface area contributed by atoms with Crippen molar-refractivity contribution in [3.63, 3.8) is 0 Å². The Bertz CT molecular complexity index is 1190. The first-order chi connectivity index (χ1) is 15.2. The van der Waals surface area contributed by atoms with Crippen molar-refractivity contribution in [2.75, 3.05) is 19.5 Å². The molecular formula is C25H23N3O3. The van der Waals surface area contributed by atoms with Crippen molar-refractivity contribution < 1.29 is 14.3 Å². The SMILES string of the molecule is COc1ccccc1-c1cc(NC(=O)c2ccnn2Cc2ccccc2)ccc1OC. The minimum absolute atomic E-state index is 0.232. The molecule has 0 radical (unpaired) electrons. The van der Waals surface area contributed by atoms with Crippen LogP contribution >= 0.6 is 0 Å². The number of benzene rings is 3. The number of hydrogen-bond acceptors (Lipinski definition) is 4. The highest BCUT2D eigenvalue weighted by atomic mass is 16.5. The Morgan fingerprint density at radius 1 is 0.871 bits per heavy atom. The number of para-hydroxylation sites is 1. The van der Waals surface area contributed by atoms with Crippen molar-refractivity contribution in [2.45, 2.75) is 6.54 Å². The summed E-state index contributed by atoms with van der Waals surface area (Å²) in [7, 11) is 3.25. The van der Waals surface area contributed by atoms with E-state index in [0.717, 1.165) is 22.4 Å². The number of carbonyl (C=O) groups is 1. The van der Waals surface area contributed by atoms with Gasteiger partial charge >= 0.3 is 0 Å². The molecule has 0 saturated heterocycles. The first kappa shape index (κ1) is 20.2. The molecule has 3 aromatic carbocycles. The van der Waals surface area contributed by atoms with Gasteiger partial charge in [0.1, 0.15) is 17.2 Å². The molecule has 156 valence electrons. The Hall–Kier alpha value is -4.06. The smallest absolute Gasteiger partial charge is 0.273 e. The summed E-state index contributed by atoms with van der Waals surface area (Å²) in [4.78, 5) is 13.0. The van der Waals surface area contributed by atoms with Gasteiger partial charge in [0, 0.05) is 23.0 Å². The second kappa shape index (κ2) is 9.17. The second-order valence-electron chi connectivity index (χ2n) is 6.93. The van der Waals surface area contributed by atoms with Gasteiger partial charge in [-0.05, 0) is 35.9 Å². The lowest BCUT2D eigenvalue weighted by Gasteiger charge is -2.14.